The van der Waals surface area contributed by atoms with Gasteiger partial charge in [-0.2, -0.15) is 0 Å². The average Bonchev–Trinajstić information content (AvgIpc) is 3.18. The van der Waals surface area contributed by atoms with E-state index < -0.39 is 87.4 Å². The molecule has 0 saturated heterocycles. The number of ether oxygens (including phenoxy) is 3. The second-order valence-electron chi connectivity index (χ2n) is 19.3. The molecule has 380 valence electrons. The molecular weight excluding hydrogens is 861 g/mol. The maximum Gasteiger partial charge on any atom is 0.407 e. The van der Waals surface area contributed by atoms with Gasteiger partial charge in [-0.1, -0.05) is 85.5 Å². The van der Waals surface area contributed by atoms with Crippen LogP contribution in [0.3, 0.4) is 0 Å². The van der Waals surface area contributed by atoms with Crippen molar-refractivity contribution in [2.45, 2.75) is 227 Å². The first kappa shape index (κ1) is 61.3. The predicted molar refractivity (Wildman–Crippen MR) is 253 cm³/mol. The van der Waals surface area contributed by atoms with Gasteiger partial charge in [-0.3, -0.25) is 14.4 Å². The maximum atomic E-state index is 14.1. The zero-order chi connectivity index (χ0) is 49.6. The highest BCUT2D eigenvalue weighted by Crippen LogP contribution is 2.14. The SMILES string of the molecule is CCCCCCCCCCCCS(=O)(=O)N[C@H](CCCCNC(=O)OC(C)(C)C)C(=O)N[C@@H](C(=O)N[C@H](CC)C(=O)NC(CCCCNC(=O)OC(C)(C)C)C(=O)O)[C@H](C)OCC(C)C. The minimum Gasteiger partial charge on any atom is -0.480 e. The van der Waals surface area contributed by atoms with Crippen LogP contribution in [0.2, 0.25) is 0 Å². The Kier molecular flexibility index (Phi) is 31.0. The summed E-state index contributed by atoms with van der Waals surface area (Å²) in [5.41, 5.74) is -1.36. The van der Waals surface area contributed by atoms with Crippen LogP contribution < -0.4 is 31.3 Å². The Morgan fingerprint density at radius 1 is 0.569 bits per heavy atom. The number of aliphatic carboxylic acids is 1. The lowest BCUT2D eigenvalue weighted by Gasteiger charge is -2.29. The summed E-state index contributed by atoms with van der Waals surface area (Å²) >= 11 is 0. The molecule has 65 heavy (non-hydrogen) atoms. The highest BCUT2D eigenvalue weighted by Gasteiger charge is 2.35. The third-order valence-corrected chi connectivity index (χ3v) is 11.4. The fourth-order valence-corrected chi connectivity index (χ4v) is 7.85. The smallest absolute Gasteiger partial charge is 0.407 e. The number of hydrogen-bond acceptors (Lipinski definition) is 11. The molecule has 1 unspecified atom stereocenters. The van der Waals surface area contributed by atoms with E-state index >= 15 is 0 Å². The van der Waals surface area contributed by atoms with E-state index in [1.54, 1.807) is 55.4 Å². The average molecular weight is 949 g/mol. The van der Waals surface area contributed by atoms with E-state index in [-0.39, 0.29) is 50.6 Å². The Morgan fingerprint density at radius 2 is 1.02 bits per heavy atom. The second kappa shape index (κ2) is 32.9. The van der Waals surface area contributed by atoms with Gasteiger partial charge < -0.3 is 45.9 Å². The van der Waals surface area contributed by atoms with Gasteiger partial charge in [0.05, 0.1) is 11.9 Å². The molecule has 0 saturated carbocycles. The fraction of sp³-hybridized carbons (Fsp3) is 0.870. The monoisotopic (exact) mass is 949 g/mol. The molecule has 0 aliphatic heterocycles. The fourth-order valence-electron chi connectivity index (χ4n) is 6.49. The largest absolute Gasteiger partial charge is 0.480 e. The van der Waals surface area contributed by atoms with Crippen LogP contribution in [0, 0.1) is 5.92 Å². The lowest BCUT2D eigenvalue weighted by atomic mass is 10.1. The molecular formula is C46H88N6O12S. The number of hydrogen-bond donors (Lipinski definition) is 7. The van der Waals surface area contributed by atoms with E-state index in [0.29, 0.717) is 32.1 Å². The van der Waals surface area contributed by atoms with Crippen molar-refractivity contribution < 1.29 is 56.5 Å². The number of rotatable bonds is 35. The van der Waals surface area contributed by atoms with Crippen molar-refractivity contribution in [3.8, 4) is 0 Å². The lowest BCUT2D eigenvalue weighted by Crippen LogP contribution is -2.60. The van der Waals surface area contributed by atoms with Crippen LogP contribution in [0.15, 0.2) is 0 Å². The molecule has 0 spiro atoms. The van der Waals surface area contributed by atoms with E-state index in [0.717, 1.165) is 25.7 Å². The molecule has 0 aromatic heterocycles. The van der Waals surface area contributed by atoms with Gasteiger partial charge in [0.1, 0.15) is 35.4 Å². The van der Waals surface area contributed by atoms with Gasteiger partial charge in [-0.25, -0.2) is 27.5 Å². The molecule has 0 aromatic carbocycles. The number of carboxylic acids is 1. The van der Waals surface area contributed by atoms with Crippen LogP contribution in [0.5, 0.6) is 0 Å². The molecule has 5 atom stereocenters. The number of nitrogens with one attached hydrogen (secondary N) is 6. The molecule has 0 radical (unpaired) electrons. The van der Waals surface area contributed by atoms with E-state index in [2.05, 4.69) is 38.2 Å². The molecule has 0 aromatic rings. The summed E-state index contributed by atoms with van der Waals surface area (Å²) in [4.78, 5) is 77.7. The molecule has 7 N–H and O–H groups in total. The van der Waals surface area contributed by atoms with Crippen molar-refractivity contribution in [1.29, 1.82) is 0 Å². The van der Waals surface area contributed by atoms with Crippen molar-refractivity contribution >= 4 is 45.9 Å². The number of carboxylic acid groups (broad SMARTS) is 1. The van der Waals surface area contributed by atoms with Crippen molar-refractivity contribution in [1.82, 2.24) is 31.3 Å². The number of amides is 5. The van der Waals surface area contributed by atoms with E-state index in [4.69, 9.17) is 14.2 Å². The van der Waals surface area contributed by atoms with Crippen LogP contribution in [0.4, 0.5) is 9.59 Å². The van der Waals surface area contributed by atoms with Crippen LogP contribution in [0.25, 0.3) is 0 Å². The number of alkyl carbamates (subject to hydrolysis) is 2. The van der Waals surface area contributed by atoms with Crippen molar-refractivity contribution in [3.05, 3.63) is 0 Å². The van der Waals surface area contributed by atoms with Crippen molar-refractivity contribution in [3.63, 3.8) is 0 Å². The molecule has 0 aliphatic carbocycles. The maximum absolute atomic E-state index is 14.1. The zero-order valence-corrected chi connectivity index (χ0v) is 42.5. The first-order valence-corrected chi connectivity index (χ1v) is 25.6. The summed E-state index contributed by atoms with van der Waals surface area (Å²) in [6.07, 6.45) is 9.76. The van der Waals surface area contributed by atoms with Crippen LogP contribution in [0.1, 0.15) is 185 Å². The van der Waals surface area contributed by atoms with Gasteiger partial charge in [-0.15, -0.1) is 0 Å². The van der Waals surface area contributed by atoms with Crippen molar-refractivity contribution in [2.24, 2.45) is 5.92 Å². The second-order valence-corrected chi connectivity index (χ2v) is 21.2. The first-order valence-electron chi connectivity index (χ1n) is 24.0. The van der Waals surface area contributed by atoms with Crippen LogP contribution >= 0.6 is 0 Å². The van der Waals surface area contributed by atoms with E-state index in [1.807, 2.05) is 13.8 Å². The molecule has 0 rings (SSSR count). The minimum atomic E-state index is -3.94. The van der Waals surface area contributed by atoms with Gasteiger partial charge in [0.15, 0.2) is 0 Å². The van der Waals surface area contributed by atoms with Crippen LogP contribution in [-0.2, 0) is 43.4 Å². The quantitative estimate of drug-likeness (QED) is 0.0332. The minimum absolute atomic E-state index is 0.0439. The topological polar surface area (TPSA) is 257 Å². The third-order valence-electron chi connectivity index (χ3n) is 9.98. The Bertz CT molecular complexity index is 1520. The molecule has 5 amide bonds. The lowest BCUT2D eigenvalue weighted by molar-refractivity contribution is -0.142. The first-order chi connectivity index (χ1) is 30.3. The molecule has 0 heterocycles. The van der Waals surface area contributed by atoms with Gasteiger partial charge >= 0.3 is 18.2 Å². The standard InChI is InChI=1S/C46H88N6O12S/c1-12-14-15-16-17-18-19-20-21-26-31-65(60,61)52-36(27-22-24-29-47-43(58)63-45(6,7)8)40(54)51-38(34(5)62-32-33(3)4)41(55)49-35(13-2)39(53)50-37(42(56)57)28-23-25-30-48-44(59)64-46(9,10)11/h33-38,52H,12-32H2,1-11H3,(H,47,58)(H,48,59)(H,49,55)(H,50,53)(H,51,54)(H,56,57)/t34-,35+,36+,37?,38+/m0/s1. The number of sulfonamides is 1. The molecule has 0 fully saturated rings. The molecule has 19 heteroatoms. The van der Waals surface area contributed by atoms with Gasteiger partial charge in [0.2, 0.25) is 27.7 Å². The molecule has 0 aliphatic rings. The molecule has 18 nitrogen and oxygen atoms in total. The number of carbonyl (C=O) groups is 6. The van der Waals surface area contributed by atoms with Gasteiger partial charge in [-0.05, 0) is 106 Å². The summed E-state index contributed by atoms with van der Waals surface area (Å²) in [7, 11) is -3.94. The third kappa shape index (κ3) is 32.6. The summed E-state index contributed by atoms with van der Waals surface area (Å²) < 4.78 is 45.8. The highest BCUT2D eigenvalue weighted by molar-refractivity contribution is 7.89. The van der Waals surface area contributed by atoms with Crippen LogP contribution in [-0.4, -0.2) is 116 Å². The van der Waals surface area contributed by atoms with E-state index in [1.165, 1.54) is 32.1 Å². The molecule has 0 bridgehead atoms. The summed E-state index contributed by atoms with van der Waals surface area (Å²) in [5.74, 6) is -3.71. The Hall–Kier alpha value is -3.71. The normalized spacial score (nSPS) is 14.3. The summed E-state index contributed by atoms with van der Waals surface area (Å²) in [6.45, 7) is 20.3. The number of carbonyl (C=O) groups excluding carboxylic acids is 5. The number of unbranched alkanes of at least 4 members (excludes halogenated alkanes) is 11. The zero-order valence-electron chi connectivity index (χ0n) is 41.7. The Balaban J connectivity index is 5.96. The van der Waals surface area contributed by atoms with Crippen molar-refractivity contribution in [2.75, 3.05) is 25.4 Å². The Morgan fingerprint density at radius 3 is 1.46 bits per heavy atom. The predicted octanol–water partition coefficient (Wildman–Crippen LogP) is 6.60. The summed E-state index contributed by atoms with van der Waals surface area (Å²) in [5, 5.41) is 23.0. The highest BCUT2D eigenvalue weighted by atomic mass is 32.2. The Labute approximate surface area is 390 Å². The van der Waals surface area contributed by atoms with E-state index in [9.17, 15) is 42.3 Å². The van der Waals surface area contributed by atoms with Gasteiger partial charge in [0.25, 0.3) is 0 Å². The summed E-state index contributed by atoms with van der Waals surface area (Å²) in [6, 6.07) is -5.13. The van der Waals surface area contributed by atoms with Gasteiger partial charge in [0, 0.05) is 19.7 Å².